The van der Waals surface area contributed by atoms with E-state index in [9.17, 15) is 4.79 Å². The number of hydrogen-bond donors (Lipinski definition) is 2. The molecule has 0 aliphatic carbocycles. The van der Waals surface area contributed by atoms with Crippen molar-refractivity contribution in [3.8, 4) is 0 Å². The lowest BCUT2D eigenvalue weighted by molar-refractivity contribution is 0.102. The maximum Gasteiger partial charge on any atom is 0.259 e. The van der Waals surface area contributed by atoms with Crippen LogP contribution in [-0.4, -0.2) is 10.9 Å². The van der Waals surface area contributed by atoms with Crippen LogP contribution in [0.3, 0.4) is 0 Å². The largest absolute Gasteiger partial charge is 0.383 e. The van der Waals surface area contributed by atoms with Crippen LogP contribution >= 0.6 is 11.6 Å². The lowest BCUT2D eigenvalue weighted by Gasteiger charge is -2.08. The van der Waals surface area contributed by atoms with Gasteiger partial charge in [0, 0.05) is 16.1 Å². The second-order valence-electron chi connectivity index (χ2n) is 4.57. The summed E-state index contributed by atoms with van der Waals surface area (Å²) in [6.07, 6.45) is 0. The van der Waals surface area contributed by atoms with Crippen molar-refractivity contribution in [2.45, 2.75) is 0 Å². The van der Waals surface area contributed by atoms with E-state index in [-0.39, 0.29) is 11.7 Å². The predicted molar refractivity (Wildman–Crippen MR) is 85.6 cm³/mol. The van der Waals surface area contributed by atoms with Gasteiger partial charge >= 0.3 is 0 Å². The topological polar surface area (TPSA) is 68.0 Å². The molecule has 0 radical (unpaired) electrons. The molecule has 3 aromatic rings. The normalized spacial score (nSPS) is 10.5. The smallest absolute Gasteiger partial charge is 0.259 e. The molecule has 0 saturated heterocycles. The van der Waals surface area contributed by atoms with E-state index in [0.29, 0.717) is 16.3 Å². The molecule has 1 aromatic heterocycles. The summed E-state index contributed by atoms with van der Waals surface area (Å²) in [7, 11) is 0. The number of pyridine rings is 1. The van der Waals surface area contributed by atoms with Gasteiger partial charge in [0.2, 0.25) is 0 Å². The SMILES string of the molecule is Nc1nc2ccccc2cc1C(=O)Nc1ccc(Cl)cc1. The highest BCUT2D eigenvalue weighted by Gasteiger charge is 2.12. The molecule has 3 rings (SSSR count). The van der Waals surface area contributed by atoms with E-state index >= 15 is 0 Å². The Hall–Kier alpha value is -2.59. The third kappa shape index (κ3) is 2.80. The lowest BCUT2D eigenvalue weighted by atomic mass is 10.1. The van der Waals surface area contributed by atoms with Crippen LogP contribution in [0.15, 0.2) is 54.6 Å². The van der Waals surface area contributed by atoms with Gasteiger partial charge in [0.1, 0.15) is 5.82 Å². The summed E-state index contributed by atoms with van der Waals surface area (Å²) in [5.41, 5.74) is 7.63. The number of carbonyl (C=O) groups excluding carboxylic acids is 1. The molecule has 4 nitrogen and oxygen atoms in total. The number of halogens is 1. The number of fused-ring (bicyclic) bond motifs is 1. The van der Waals surface area contributed by atoms with Gasteiger partial charge < -0.3 is 11.1 Å². The van der Waals surface area contributed by atoms with Crippen LogP contribution in [-0.2, 0) is 0 Å². The van der Waals surface area contributed by atoms with E-state index in [0.717, 1.165) is 10.9 Å². The minimum atomic E-state index is -0.298. The number of anilines is 2. The molecule has 1 amide bonds. The average Bonchev–Trinajstić information content (AvgIpc) is 2.49. The molecule has 0 atom stereocenters. The molecule has 0 unspecified atom stereocenters. The van der Waals surface area contributed by atoms with Crippen molar-refractivity contribution in [1.82, 2.24) is 4.98 Å². The van der Waals surface area contributed by atoms with Crippen molar-refractivity contribution in [1.29, 1.82) is 0 Å². The molecule has 1 heterocycles. The Balaban J connectivity index is 1.93. The zero-order chi connectivity index (χ0) is 14.8. The summed E-state index contributed by atoms with van der Waals surface area (Å²) in [5, 5.41) is 4.25. The molecule has 0 aliphatic rings. The van der Waals surface area contributed by atoms with Crippen molar-refractivity contribution >= 4 is 39.9 Å². The number of para-hydroxylation sites is 1. The standard InChI is InChI=1S/C16H12ClN3O/c17-11-5-7-12(8-6-11)19-16(21)13-9-10-3-1-2-4-14(10)20-15(13)18/h1-9H,(H2,18,20)(H,19,21). The molecular weight excluding hydrogens is 286 g/mol. The van der Waals surface area contributed by atoms with Crippen LogP contribution in [0.25, 0.3) is 10.9 Å². The van der Waals surface area contributed by atoms with Gasteiger partial charge in [0.05, 0.1) is 11.1 Å². The van der Waals surface area contributed by atoms with Gasteiger partial charge in [-0.1, -0.05) is 29.8 Å². The van der Waals surface area contributed by atoms with Crippen molar-refractivity contribution in [3.63, 3.8) is 0 Å². The molecule has 3 N–H and O–H groups in total. The van der Waals surface area contributed by atoms with Crippen molar-refractivity contribution in [2.75, 3.05) is 11.1 Å². The molecule has 5 heteroatoms. The number of carbonyl (C=O) groups is 1. The van der Waals surface area contributed by atoms with Crippen molar-refractivity contribution < 1.29 is 4.79 Å². The molecule has 0 bridgehead atoms. The first kappa shape index (κ1) is 13.4. The third-order valence-electron chi connectivity index (χ3n) is 3.10. The Morgan fingerprint density at radius 3 is 2.57 bits per heavy atom. The number of nitrogen functional groups attached to an aromatic ring is 1. The predicted octanol–water partition coefficient (Wildman–Crippen LogP) is 3.72. The summed E-state index contributed by atoms with van der Waals surface area (Å²) in [5.74, 6) is -0.0896. The fourth-order valence-corrected chi connectivity index (χ4v) is 2.17. The second kappa shape index (κ2) is 5.42. The Kier molecular flexibility index (Phi) is 3.46. The van der Waals surface area contributed by atoms with Crippen molar-refractivity contribution in [2.24, 2.45) is 0 Å². The van der Waals surface area contributed by atoms with Crippen molar-refractivity contribution in [3.05, 3.63) is 65.2 Å². The number of benzene rings is 2. The molecule has 0 aliphatic heterocycles. The number of aromatic nitrogens is 1. The number of amides is 1. The fraction of sp³-hybridized carbons (Fsp3) is 0. The first-order chi connectivity index (χ1) is 10.1. The Morgan fingerprint density at radius 2 is 1.81 bits per heavy atom. The highest BCUT2D eigenvalue weighted by molar-refractivity contribution is 6.30. The molecule has 21 heavy (non-hydrogen) atoms. The van der Waals surface area contributed by atoms with Gasteiger partial charge in [-0.05, 0) is 36.4 Å². The highest BCUT2D eigenvalue weighted by atomic mass is 35.5. The first-order valence-electron chi connectivity index (χ1n) is 6.36. The Labute approximate surface area is 126 Å². The monoisotopic (exact) mass is 297 g/mol. The number of nitrogens with two attached hydrogens (primary N) is 1. The van der Waals surface area contributed by atoms with Crippen LogP contribution in [0, 0.1) is 0 Å². The zero-order valence-electron chi connectivity index (χ0n) is 11.0. The summed E-state index contributed by atoms with van der Waals surface area (Å²) >= 11 is 5.81. The molecule has 104 valence electrons. The third-order valence-corrected chi connectivity index (χ3v) is 3.35. The average molecular weight is 298 g/mol. The Morgan fingerprint density at radius 1 is 1.10 bits per heavy atom. The van der Waals surface area contributed by atoms with Gasteiger partial charge in [-0.3, -0.25) is 4.79 Å². The van der Waals surface area contributed by atoms with E-state index in [1.54, 1.807) is 30.3 Å². The minimum absolute atomic E-state index is 0.208. The molecular formula is C16H12ClN3O. The quantitative estimate of drug-likeness (QED) is 0.757. The van der Waals surface area contributed by atoms with E-state index in [1.807, 2.05) is 24.3 Å². The number of nitrogens with zero attached hydrogens (tertiary/aromatic N) is 1. The van der Waals surface area contributed by atoms with Gasteiger partial charge in [-0.2, -0.15) is 0 Å². The van der Waals surface area contributed by atoms with Gasteiger partial charge in [-0.25, -0.2) is 4.98 Å². The van der Waals surface area contributed by atoms with E-state index in [4.69, 9.17) is 17.3 Å². The van der Waals surface area contributed by atoms with E-state index in [2.05, 4.69) is 10.3 Å². The van der Waals surface area contributed by atoms with Crippen LogP contribution < -0.4 is 11.1 Å². The van der Waals surface area contributed by atoms with Crippen LogP contribution in [0.1, 0.15) is 10.4 Å². The first-order valence-corrected chi connectivity index (χ1v) is 6.73. The molecule has 0 spiro atoms. The Bertz CT molecular complexity index is 815. The summed E-state index contributed by atoms with van der Waals surface area (Å²) in [6.45, 7) is 0. The number of nitrogens with one attached hydrogen (secondary N) is 1. The molecule has 2 aromatic carbocycles. The highest BCUT2D eigenvalue weighted by Crippen LogP contribution is 2.20. The van der Waals surface area contributed by atoms with E-state index < -0.39 is 0 Å². The lowest BCUT2D eigenvalue weighted by Crippen LogP contribution is -2.14. The summed E-state index contributed by atoms with van der Waals surface area (Å²) in [6, 6.07) is 16.1. The van der Waals surface area contributed by atoms with Gasteiger partial charge in [-0.15, -0.1) is 0 Å². The van der Waals surface area contributed by atoms with Crippen LogP contribution in [0.4, 0.5) is 11.5 Å². The van der Waals surface area contributed by atoms with Crippen LogP contribution in [0.2, 0.25) is 5.02 Å². The maximum atomic E-state index is 12.3. The summed E-state index contributed by atoms with van der Waals surface area (Å²) in [4.78, 5) is 16.5. The minimum Gasteiger partial charge on any atom is -0.383 e. The van der Waals surface area contributed by atoms with Gasteiger partial charge in [0.15, 0.2) is 0 Å². The number of rotatable bonds is 2. The maximum absolute atomic E-state index is 12.3. The van der Waals surface area contributed by atoms with Gasteiger partial charge in [0.25, 0.3) is 5.91 Å². The molecule has 0 fully saturated rings. The second-order valence-corrected chi connectivity index (χ2v) is 5.01. The van der Waals surface area contributed by atoms with Crippen LogP contribution in [0.5, 0.6) is 0 Å². The zero-order valence-corrected chi connectivity index (χ0v) is 11.8. The summed E-state index contributed by atoms with van der Waals surface area (Å²) < 4.78 is 0. The van der Waals surface area contributed by atoms with E-state index in [1.165, 1.54) is 0 Å². The number of hydrogen-bond acceptors (Lipinski definition) is 3. The molecule has 0 saturated carbocycles. The fourth-order valence-electron chi connectivity index (χ4n) is 2.04.